The minimum absolute atomic E-state index is 0.524. The molecule has 0 N–H and O–H groups in total. The first-order valence-corrected chi connectivity index (χ1v) is 11.0. The first-order chi connectivity index (χ1) is 14.3. The van der Waals surface area contributed by atoms with Crippen molar-refractivity contribution in [3.8, 4) is 21.8 Å². The number of thiophene rings is 1. The quantitative estimate of drug-likeness (QED) is 0.236. The van der Waals surface area contributed by atoms with Crippen molar-refractivity contribution in [2.45, 2.75) is 10.8 Å². The molecular weight excluding hydrogens is 424 g/mol. The molecule has 29 heavy (non-hydrogen) atoms. The van der Waals surface area contributed by atoms with Crippen LogP contribution in [0.1, 0.15) is 5.89 Å². The van der Waals surface area contributed by atoms with Gasteiger partial charge in [0.2, 0.25) is 11.7 Å². The van der Waals surface area contributed by atoms with Crippen LogP contribution in [0.4, 0.5) is 0 Å². The lowest BCUT2D eigenvalue weighted by Gasteiger charge is -1.98. The Balaban J connectivity index is 1.38. The monoisotopic (exact) mass is 436 g/mol. The Morgan fingerprint density at radius 3 is 2.69 bits per heavy atom. The molecule has 0 aliphatic rings. The third-order valence-corrected chi connectivity index (χ3v) is 6.55. The zero-order valence-electron chi connectivity index (χ0n) is 14.9. The van der Waals surface area contributed by atoms with Crippen LogP contribution in [0.25, 0.3) is 32.0 Å². The minimum atomic E-state index is 0.524. The van der Waals surface area contributed by atoms with Crippen molar-refractivity contribution in [2.24, 2.45) is 0 Å². The maximum absolute atomic E-state index is 6.04. The maximum Gasteiger partial charge on any atom is 0.237 e. The summed E-state index contributed by atoms with van der Waals surface area (Å²) in [5.74, 6) is 1.59. The van der Waals surface area contributed by atoms with Crippen LogP contribution < -0.4 is 0 Å². The van der Waals surface area contributed by atoms with Gasteiger partial charge in [-0.25, -0.2) is 9.97 Å². The van der Waals surface area contributed by atoms with Gasteiger partial charge in [-0.3, -0.25) is 0 Å². The Hall–Kier alpha value is -2.74. The fourth-order valence-electron chi connectivity index (χ4n) is 2.88. The second-order valence-corrected chi connectivity index (χ2v) is 8.62. The average molecular weight is 437 g/mol. The van der Waals surface area contributed by atoms with Gasteiger partial charge in [0.05, 0.1) is 5.75 Å². The highest BCUT2D eigenvalue weighted by atomic mass is 35.5. The van der Waals surface area contributed by atoms with Crippen molar-refractivity contribution in [3.63, 3.8) is 0 Å². The summed E-state index contributed by atoms with van der Waals surface area (Å²) in [5.41, 5.74) is 2.00. The molecule has 5 nitrogen and oxygen atoms in total. The molecule has 5 rings (SSSR count). The molecular formula is C21H13ClN4OS2. The Labute approximate surface area is 179 Å². The molecule has 0 amide bonds. The Kier molecular flexibility index (Phi) is 5.01. The van der Waals surface area contributed by atoms with Crippen LogP contribution in [0.3, 0.4) is 0 Å². The van der Waals surface area contributed by atoms with Gasteiger partial charge in [0.1, 0.15) is 16.2 Å². The normalized spacial score (nSPS) is 11.2. The van der Waals surface area contributed by atoms with Crippen LogP contribution in [0.2, 0.25) is 5.02 Å². The van der Waals surface area contributed by atoms with Crippen LogP contribution in [-0.4, -0.2) is 20.1 Å². The number of nitrogens with zero attached hydrogens (tertiary/aromatic N) is 4. The van der Waals surface area contributed by atoms with Crippen molar-refractivity contribution in [2.75, 3.05) is 0 Å². The van der Waals surface area contributed by atoms with E-state index in [1.54, 1.807) is 29.4 Å². The van der Waals surface area contributed by atoms with Crippen molar-refractivity contribution in [1.29, 1.82) is 0 Å². The molecule has 5 aromatic rings. The summed E-state index contributed by atoms with van der Waals surface area (Å²) in [7, 11) is 0. The molecule has 3 heterocycles. The van der Waals surface area contributed by atoms with Crippen molar-refractivity contribution in [1.82, 2.24) is 20.1 Å². The van der Waals surface area contributed by atoms with E-state index in [9.17, 15) is 0 Å². The molecule has 0 saturated heterocycles. The topological polar surface area (TPSA) is 64.7 Å². The molecule has 0 fully saturated rings. The molecule has 0 aliphatic carbocycles. The Bertz CT molecular complexity index is 1290. The Morgan fingerprint density at radius 1 is 0.966 bits per heavy atom. The minimum Gasteiger partial charge on any atom is -0.338 e. The molecule has 0 unspecified atom stereocenters. The second kappa shape index (κ2) is 7.94. The SMILES string of the molecule is Clc1cccc(-c2noc(CSc3ncnc4sc(-c5ccccc5)cc34)n2)c1. The van der Waals surface area contributed by atoms with E-state index in [1.807, 2.05) is 42.5 Å². The maximum atomic E-state index is 6.04. The predicted octanol–water partition coefficient (Wildman–Crippen LogP) is 6.35. The first-order valence-electron chi connectivity index (χ1n) is 8.77. The van der Waals surface area contributed by atoms with Gasteiger partial charge in [0, 0.05) is 20.8 Å². The van der Waals surface area contributed by atoms with Crippen molar-refractivity contribution < 1.29 is 4.52 Å². The number of halogens is 1. The summed E-state index contributed by atoms with van der Waals surface area (Å²) in [4.78, 5) is 15.5. The highest BCUT2D eigenvalue weighted by Gasteiger charge is 2.13. The van der Waals surface area contributed by atoms with E-state index in [0.29, 0.717) is 22.5 Å². The second-order valence-electron chi connectivity index (χ2n) is 6.19. The standard InChI is InChI=1S/C21H13ClN4OS2/c22-15-8-4-7-14(9-15)19-25-18(27-26-19)11-28-20-16-10-17(13-5-2-1-3-6-13)29-21(16)24-12-23-20/h1-10,12H,11H2. The number of hydrogen-bond acceptors (Lipinski definition) is 7. The first kappa shape index (κ1) is 18.3. The van der Waals surface area contributed by atoms with Crippen molar-refractivity contribution >= 4 is 44.9 Å². The number of thioether (sulfide) groups is 1. The van der Waals surface area contributed by atoms with Crippen LogP contribution in [0.5, 0.6) is 0 Å². The van der Waals surface area contributed by atoms with Crippen LogP contribution in [0.15, 0.2) is 76.5 Å². The smallest absolute Gasteiger partial charge is 0.237 e. The van der Waals surface area contributed by atoms with Gasteiger partial charge >= 0.3 is 0 Å². The third-order valence-electron chi connectivity index (χ3n) is 4.23. The van der Waals surface area contributed by atoms with Gasteiger partial charge in [0.15, 0.2) is 0 Å². The molecule has 0 spiro atoms. The summed E-state index contributed by atoms with van der Waals surface area (Å²) in [6.45, 7) is 0. The summed E-state index contributed by atoms with van der Waals surface area (Å²) >= 11 is 9.26. The van der Waals surface area contributed by atoms with Gasteiger partial charge in [-0.05, 0) is 23.8 Å². The summed E-state index contributed by atoms with van der Waals surface area (Å²) < 4.78 is 5.40. The molecule has 3 aromatic heterocycles. The summed E-state index contributed by atoms with van der Waals surface area (Å²) in [5, 5.41) is 6.63. The van der Waals surface area contributed by atoms with E-state index in [-0.39, 0.29) is 0 Å². The summed E-state index contributed by atoms with van der Waals surface area (Å²) in [6, 6.07) is 19.8. The number of rotatable bonds is 5. The van der Waals surface area contributed by atoms with Crippen molar-refractivity contribution in [3.05, 3.63) is 77.9 Å². The predicted molar refractivity (Wildman–Crippen MR) is 117 cm³/mol. The van der Waals surface area contributed by atoms with Gasteiger partial charge in [-0.15, -0.1) is 11.3 Å². The number of benzene rings is 2. The van der Waals surface area contributed by atoms with E-state index in [0.717, 1.165) is 20.8 Å². The fourth-order valence-corrected chi connectivity index (χ4v) is 4.95. The largest absolute Gasteiger partial charge is 0.338 e. The van der Waals surface area contributed by atoms with Gasteiger partial charge in [-0.2, -0.15) is 4.98 Å². The molecule has 0 atom stereocenters. The molecule has 0 radical (unpaired) electrons. The third kappa shape index (κ3) is 3.89. The Morgan fingerprint density at radius 2 is 1.83 bits per heavy atom. The molecule has 0 bridgehead atoms. The number of hydrogen-bond donors (Lipinski definition) is 0. The zero-order valence-corrected chi connectivity index (χ0v) is 17.3. The van der Waals surface area contributed by atoms with Crippen LogP contribution >= 0.6 is 34.7 Å². The highest BCUT2D eigenvalue weighted by Crippen LogP contribution is 2.36. The zero-order chi connectivity index (χ0) is 19.6. The lowest BCUT2D eigenvalue weighted by atomic mass is 10.2. The van der Waals surface area contributed by atoms with Gasteiger partial charge in [-0.1, -0.05) is 71.0 Å². The van der Waals surface area contributed by atoms with E-state index in [1.165, 1.54) is 10.4 Å². The number of aromatic nitrogens is 4. The molecule has 142 valence electrons. The lowest BCUT2D eigenvalue weighted by Crippen LogP contribution is -1.86. The van der Waals surface area contributed by atoms with Crippen LogP contribution in [-0.2, 0) is 5.75 Å². The molecule has 2 aromatic carbocycles. The van der Waals surface area contributed by atoms with Gasteiger partial charge in [0.25, 0.3) is 0 Å². The molecule has 8 heteroatoms. The van der Waals surface area contributed by atoms with E-state index in [2.05, 4.69) is 38.3 Å². The fraction of sp³-hybridized carbons (Fsp3) is 0.0476. The van der Waals surface area contributed by atoms with E-state index in [4.69, 9.17) is 16.1 Å². The number of fused-ring (bicyclic) bond motifs is 1. The molecule has 0 saturated carbocycles. The van der Waals surface area contributed by atoms with E-state index < -0.39 is 0 Å². The highest BCUT2D eigenvalue weighted by molar-refractivity contribution is 7.98. The summed E-state index contributed by atoms with van der Waals surface area (Å²) in [6.07, 6.45) is 1.60. The van der Waals surface area contributed by atoms with Gasteiger partial charge < -0.3 is 4.52 Å². The lowest BCUT2D eigenvalue weighted by molar-refractivity contribution is 0.391. The van der Waals surface area contributed by atoms with Crippen LogP contribution in [0, 0.1) is 0 Å². The average Bonchev–Trinajstić information content (AvgIpc) is 3.40. The van der Waals surface area contributed by atoms with E-state index >= 15 is 0 Å². The molecule has 0 aliphatic heterocycles.